The fourth-order valence-corrected chi connectivity index (χ4v) is 3.49. The predicted molar refractivity (Wildman–Crippen MR) is 88.9 cm³/mol. The van der Waals surface area contributed by atoms with Crippen LogP contribution in [0.25, 0.3) is 22.7 Å². The number of hydrogen-bond donors (Lipinski definition) is 1. The van der Waals surface area contributed by atoms with Crippen LogP contribution >= 0.6 is 0 Å². The van der Waals surface area contributed by atoms with E-state index in [9.17, 15) is 21.6 Å². The van der Waals surface area contributed by atoms with Crippen LogP contribution in [0.5, 0.6) is 0 Å². The summed E-state index contributed by atoms with van der Waals surface area (Å²) in [6.07, 6.45) is -3.87. The number of nitrogen functional groups attached to an aromatic ring is 1. The lowest BCUT2D eigenvalue weighted by Crippen LogP contribution is -2.09. The quantitative estimate of drug-likeness (QED) is 0.743. The van der Waals surface area contributed by atoms with Gasteiger partial charge < -0.3 is 10.3 Å². The van der Waals surface area contributed by atoms with E-state index in [-0.39, 0.29) is 39.1 Å². The maximum absolute atomic E-state index is 12.9. The molecule has 0 fully saturated rings. The van der Waals surface area contributed by atoms with Gasteiger partial charge in [0.05, 0.1) is 16.2 Å². The third-order valence-electron chi connectivity index (χ3n) is 3.84. The summed E-state index contributed by atoms with van der Waals surface area (Å²) in [7, 11) is -2.14. The summed E-state index contributed by atoms with van der Waals surface area (Å²) in [5.41, 5.74) is 4.83. The van der Waals surface area contributed by atoms with Crippen LogP contribution in [-0.4, -0.2) is 33.7 Å². The summed E-state index contributed by atoms with van der Waals surface area (Å²) in [5, 5.41) is 0. The zero-order valence-corrected chi connectivity index (χ0v) is 14.6. The van der Waals surface area contributed by atoms with Crippen molar-refractivity contribution in [2.45, 2.75) is 18.0 Å². The highest BCUT2D eigenvalue weighted by Crippen LogP contribution is 2.32. The molecule has 2 N–H and O–H groups in total. The molecule has 3 aromatic heterocycles. The molecule has 26 heavy (non-hydrogen) atoms. The lowest BCUT2D eigenvalue weighted by molar-refractivity contribution is -0.137. The number of fused-ring (bicyclic) bond motifs is 1. The van der Waals surface area contributed by atoms with E-state index in [0.29, 0.717) is 6.20 Å². The SMILES string of the molecule is CCS(=O)(=O)c1ccc(N)nc1-c1nc2cc(C(F)(F)F)cnc2n1C. The van der Waals surface area contributed by atoms with Gasteiger partial charge in [-0.25, -0.2) is 23.4 Å². The van der Waals surface area contributed by atoms with Crippen molar-refractivity contribution in [1.29, 1.82) is 0 Å². The molecule has 3 aromatic rings. The highest BCUT2D eigenvalue weighted by Gasteiger charge is 2.32. The first kappa shape index (κ1) is 18.1. The first-order valence-corrected chi connectivity index (χ1v) is 9.09. The molecule has 3 heterocycles. The molecule has 0 amide bonds. The van der Waals surface area contributed by atoms with Crippen molar-refractivity contribution >= 4 is 26.8 Å². The third kappa shape index (κ3) is 2.98. The van der Waals surface area contributed by atoms with Crippen molar-refractivity contribution < 1.29 is 21.6 Å². The molecule has 0 aromatic carbocycles. The van der Waals surface area contributed by atoms with Crippen LogP contribution in [0, 0.1) is 0 Å². The van der Waals surface area contributed by atoms with E-state index >= 15 is 0 Å². The standard InChI is InChI=1S/C15H14F3N5O2S/c1-3-26(24,25)10-4-5-11(19)22-12(10)14-21-9-6-8(15(16,17)18)7-20-13(9)23(14)2/h4-7H,3H2,1-2H3,(H2,19,22). The van der Waals surface area contributed by atoms with Crippen molar-refractivity contribution in [1.82, 2.24) is 19.5 Å². The number of nitrogens with two attached hydrogens (primary N) is 1. The highest BCUT2D eigenvalue weighted by molar-refractivity contribution is 7.91. The van der Waals surface area contributed by atoms with Gasteiger partial charge in [-0.2, -0.15) is 13.2 Å². The van der Waals surface area contributed by atoms with Gasteiger partial charge in [-0.3, -0.25) is 0 Å². The maximum atomic E-state index is 12.9. The molecular weight excluding hydrogens is 371 g/mol. The van der Waals surface area contributed by atoms with E-state index in [0.717, 1.165) is 6.07 Å². The number of alkyl halides is 3. The molecule has 0 saturated heterocycles. The number of hydrogen-bond acceptors (Lipinski definition) is 6. The van der Waals surface area contributed by atoms with Crippen molar-refractivity contribution in [2.75, 3.05) is 11.5 Å². The molecule has 7 nitrogen and oxygen atoms in total. The lowest BCUT2D eigenvalue weighted by atomic mass is 10.2. The van der Waals surface area contributed by atoms with E-state index in [4.69, 9.17) is 5.73 Å². The average molecular weight is 385 g/mol. The Hall–Kier alpha value is -2.69. The third-order valence-corrected chi connectivity index (χ3v) is 5.60. The Morgan fingerprint density at radius 1 is 1.23 bits per heavy atom. The molecule has 0 atom stereocenters. The fraction of sp³-hybridized carbons (Fsp3) is 0.267. The molecule has 0 aliphatic heterocycles. The van der Waals surface area contributed by atoms with Gasteiger partial charge in [-0.05, 0) is 18.2 Å². The number of rotatable bonds is 3. The average Bonchev–Trinajstić information content (AvgIpc) is 2.90. The normalized spacial score (nSPS) is 12.7. The zero-order valence-electron chi connectivity index (χ0n) is 13.7. The minimum absolute atomic E-state index is 0.0265. The Morgan fingerprint density at radius 2 is 1.92 bits per heavy atom. The summed E-state index contributed by atoms with van der Waals surface area (Å²) in [6, 6.07) is 3.51. The van der Waals surface area contributed by atoms with E-state index in [2.05, 4.69) is 15.0 Å². The largest absolute Gasteiger partial charge is 0.417 e. The first-order chi connectivity index (χ1) is 12.0. The molecule has 0 bridgehead atoms. The van der Waals surface area contributed by atoms with Crippen molar-refractivity contribution in [3.8, 4) is 11.5 Å². The number of pyridine rings is 2. The number of aryl methyl sites for hydroxylation is 1. The second-order valence-electron chi connectivity index (χ2n) is 5.55. The van der Waals surface area contributed by atoms with Crippen LogP contribution in [0.3, 0.4) is 0 Å². The molecule has 0 radical (unpaired) electrons. The van der Waals surface area contributed by atoms with Gasteiger partial charge in [-0.15, -0.1) is 0 Å². The Balaban J connectivity index is 2.30. The van der Waals surface area contributed by atoms with Gasteiger partial charge in [0.15, 0.2) is 21.3 Å². The van der Waals surface area contributed by atoms with Crippen LogP contribution in [-0.2, 0) is 23.1 Å². The van der Waals surface area contributed by atoms with Crippen LogP contribution in [0.15, 0.2) is 29.3 Å². The number of aromatic nitrogens is 4. The number of imidazole rings is 1. The molecule has 0 aliphatic rings. The molecule has 0 spiro atoms. The Bertz CT molecular complexity index is 1110. The molecule has 0 unspecified atom stereocenters. The second-order valence-corrected chi connectivity index (χ2v) is 7.79. The van der Waals surface area contributed by atoms with Gasteiger partial charge in [0.25, 0.3) is 0 Å². The second kappa shape index (κ2) is 5.94. The van der Waals surface area contributed by atoms with Crippen LogP contribution in [0.4, 0.5) is 19.0 Å². The van der Waals surface area contributed by atoms with Crippen molar-refractivity contribution in [3.63, 3.8) is 0 Å². The molecule has 3 rings (SSSR count). The number of sulfone groups is 1. The monoisotopic (exact) mass is 385 g/mol. The van der Waals surface area contributed by atoms with E-state index < -0.39 is 21.6 Å². The predicted octanol–water partition coefficient (Wildman–Crippen LogP) is 2.42. The van der Waals surface area contributed by atoms with Crippen molar-refractivity contribution in [3.05, 3.63) is 30.0 Å². The number of nitrogens with zero attached hydrogens (tertiary/aromatic N) is 4. The Kier molecular flexibility index (Phi) is 4.14. The first-order valence-electron chi connectivity index (χ1n) is 7.44. The topological polar surface area (TPSA) is 104 Å². The molecule has 138 valence electrons. The number of halogens is 3. The summed E-state index contributed by atoms with van der Waals surface area (Å²) < 4.78 is 64.7. The van der Waals surface area contributed by atoms with Crippen molar-refractivity contribution in [2.24, 2.45) is 7.05 Å². The van der Waals surface area contributed by atoms with Crippen LogP contribution in [0.1, 0.15) is 12.5 Å². The Labute approximate surface area is 146 Å². The maximum Gasteiger partial charge on any atom is 0.417 e. The zero-order chi connectivity index (χ0) is 19.3. The lowest BCUT2D eigenvalue weighted by Gasteiger charge is -2.09. The summed E-state index contributed by atoms with van der Waals surface area (Å²) in [4.78, 5) is 11.9. The van der Waals surface area contributed by atoms with Gasteiger partial charge >= 0.3 is 6.18 Å². The summed E-state index contributed by atoms with van der Waals surface area (Å²) in [5.74, 6) is -0.0522. The van der Waals surface area contributed by atoms with Crippen LogP contribution in [0.2, 0.25) is 0 Å². The Morgan fingerprint density at radius 3 is 2.54 bits per heavy atom. The smallest absolute Gasteiger partial charge is 0.384 e. The molecular formula is C15H14F3N5O2S. The van der Waals surface area contributed by atoms with Gasteiger partial charge in [-0.1, -0.05) is 6.92 Å². The molecule has 0 saturated carbocycles. The van der Waals surface area contributed by atoms with E-state index in [1.54, 1.807) is 0 Å². The summed E-state index contributed by atoms with van der Waals surface area (Å²) in [6.45, 7) is 1.47. The fourth-order valence-electron chi connectivity index (χ4n) is 2.47. The number of anilines is 1. The minimum Gasteiger partial charge on any atom is -0.384 e. The molecule has 11 heteroatoms. The van der Waals surface area contributed by atoms with Gasteiger partial charge in [0.2, 0.25) is 0 Å². The van der Waals surface area contributed by atoms with Gasteiger partial charge in [0.1, 0.15) is 17.0 Å². The summed E-state index contributed by atoms with van der Waals surface area (Å²) >= 11 is 0. The van der Waals surface area contributed by atoms with Gasteiger partial charge in [0, 0.05) is 13.2 Å². The highest BCUT2D eigenvalue weighted by atomic mass is 32.2. The molecule has 0 aliphatic carbocycles. The minimum atomic E-state index is -4.56. The van der Waals surface area contributed by atoms with E-state index in [1.165, 1.54) is 30.7 Å². The van der Waals surface area contributed by atoms with E-state index in [1.807, 2.05) is 0 Å². The van der Waals surface area contributed by atoms with Crippen LogP contribution < -0.4 is 5.73 Å².